The Morgan fingerprint density at radius 3 is 1.13 bits per heavy atom. The van der Waals surface area contributed by atoms with Crippen LogP contribution in [0.1, 0.15) is 103 Å². The van der Waals surface area contributed by atoms with Gasteiger partial charge in [-0.1, -0.05) is 127 Å². The summed E-state index contributed by atoms with van der Waals surface area (Å²) in [5.74, 6) is -0.793. The zero-order valence-corrected chi connectivity index (χ0v) is 53.2. The molecule has 0 saturated heterocycles. The minimum atomic E-state index is -0.738. The molecule has 0 bridgehead atoms. The molecule has 0 saturated carbocycles. The average molecular weight is 1270 g/mol. The number of carbonyl (C=O) groups excluding carboxylic acids is 6. The Bertz CT molecular complexity index is 3560. The summed E-state index contributed by atoms with van der Waals surface area (Å²) >= 11 is 1.31. The van der Waals surface area contributed by atoms with E-state index in [1.165, 1.54) is 11.5 Å². The van der Waals surface area contributed by atoms with Crippen molar-refractivity contribution in [1.29, 1.82) is 0 Å². The van der Waals surface area contributed by atoms with E-state index in [4.69, 9.17) is 34.4 Å². The van der Waals surface area contributed by atoms with Crippen LogP contribution in [0.25, 0.3) is 21.8 Å². The molecule has 3 heterocycles. The van der Waals surface area contributed by atoms with Crippen LogP contribution < -0.4 is 61.5 Å². The second-order valence-electron chi connectivity index (χ2n) is 22.8. The van der Waals surface area contributed by atoms with E-state index >= 15 is 0 Å². The Kier molecular flexibility index (Phi) is 30.5. The second-order valence-corrected chi connectivity index (χ2v) is 23.6. The Balaban J connectivity index is 0.000000220. The topological polar surface area (TPSA) is 386 Å². The van der Waals surface area contributed by atoms with E-state index < -0.39 is 36.3 Å². The number of rotatable bonds is 34. The van der Waals surface area contributed by atoms with E-state index in [0.29, 0.717) is 138 Å². The molecule has 8 aromatic rings. The number of nitrogens with one attached hydrogen (secondary N) is 5. The maximum absolute atomic E-state index is 13.2. The highest BCUT2D eigenvalue weighted by molar-refractivity contribution is 7.05. The summed E-state index contributed by atoms with van der Waals surface area (Å²) in [6.45, 7) is 3.20. The minimum Gasteiger partial charge on any atom is -0.345 e. The lowest BCUT2D eigenvalue weighted by atomic mass is 9.97. The van der Waals surface area contributed by atoms with Gasteiger partial charge in [0.15, 0.2) is 17.3 Å². The van der Waals surface area contributed by atoms with Crippen LogP contribution in [0.4, 0.5) is 0 Å². The molecular formula is C70H89N13O8S. The molecule has 0 aliphatic carbocycles. The molecular weight excluding hydrogens is 1180 g/mol. The molecule has 0 unspecified atom stereocenters. The Morgan fingerprint density at radius 2 is 0.793 bits per heavy atom. The number of aromatic amines is 2. The molecule has 17 N–H and O–H groups in total. The van der Waals surface area contributed by atoms with E-state index in [-0.39, 0.29) is 59.0 Å². The lowest BCUT2D eigenvalue weighted by Gasteiger charge is -2.20. The summed E-state index contributed by atoms with van der Waals surface area (Å²) in [6.07, 6.45) is 7.34. The van der Waals surface area contributed by atoms with Crippen molar-refractivity contribution in [3.8, 4) is 0 Å². The molecule has 6 atom stereocenters. The molecule has 5 aromatic carbocycles. The number of hydrogen-bond acceptors (Lipinski definition) is 17. The molecule has 0 radical (unpaired) electrons. The maximum atomic E-state index is 13.2. The normalized spacial score (nSPS) is 13.0. The second kappa shape index (κ2) is 38.8. The van der Waals surface area contributed by atoms with Crippen LogP contribution in [0.15, 0.2) is 161 Å². The van der Waals surface area contributed by atoms with E-state index in [1.807, 2.05) is 146 Å². The summed E-state index contributed by atoms with van der Waals surface area (Å²) < 4.78 is 4.14. The number of para-hydroxylation sites is 2. The quantitative estimate of drug-likeness (QED) is 0.0247. The van der Waals surface area contributed by atoms with Gasteiger partial charge in [-0.2, -0.15) is 4.37 Å². The van der Waals surface area contributed by atoms with Crippen LogP contribution in [-0.4, -0.2) is 110 Å². The number of hydrogen-bond donors (Lipinski definition) is 11. The van der Waals surface area contributed by atoms with Gasteiger partial charge in [0.05, 0.1) is 36.3 Å². The van der Waals surface area contributed by atoms with Gasteiger partial charge in [0.2, 0.25) is 17.7 Å². The number of ketones is 3. The molecule has 22 heteroatoms. The van der Waals surface area contributed by atoms with Gasteiger partial charge in [0.25, 0.3) is 11.1 Å². The number of aromatic nitrogens is 4. The predicted molar refractivity (Wildman–Crippen MR) is 363 cm³/mol. The van der Waals surface area contributed by atoms with Crippen molar-refractivity contribution >= 4 is 68.4 Å². The minimum absolute atomic E-state index is 0.0110. The number of amides is 3. The van der Waals surface area contributed by atoms with Crippen molar-refractivity contribution in [2.24, 2.45) is 34.4 Å². The number of Topliss-reactive ketones (excluding diaryl/α,β-unsaturated/α-hetero) is 3. The van der Waals surface area contributed by atoms with Crippen molar-refractivity contribution in [3.05, 3.63) is 211 Å². The molecule has 3 amide bonds. The van der Waals surface area contributed by atoms with Crippen LogP contribution in [0.2, 0.25) is 0 Å². The zero-order chi connectivity index (χ0) is 66.2. The zero-order valence-electron chi connectivity index (χ0n) is 52.4. The molecule has 0 spiro atoms. The number of nitrogens with zero attached hydrogens (tertiary/aromatic N) is 2. The first kappa shape index (κ1) is 72.3. The van der Waals surface area contributed by atoms with Crippen molar-refractivity contribution in [1.82, 2.24) is 35.3 Å². The highest BCUT2D eigenvalue weighted by Crippen LogP contribution is 2.17. The SMILES string of the molecule is Cc1nsc(CCC(=O)[C@@H](CCc2ccccc2)NC(=O)[C@@H](N)CCCN)n1.NCCC[C@H](N)C(=O)N[C@H](CCc1ccccc1)C(=O)Cc1cc2ccccc2[nH]c1=O.NCCC[C@H](N)C(=O)N[C@H](CCc1ccccc1)C(=O)Cc1cc2ccccc2[nH]c1=O. The Morgan fingerprint density at radius 1 is 0.457 bits per heavy atom. The van der Waals surface area contributed by atoms with Crippen molar-refractivity contribution < 1.29 is 28.8 Å². The van der Waals surface area contributed by atoms with E-state index in [2.05, 4.69) is 35.3 Å². The number of H-pyrrole nitrogens is 2. The van der Waals surface area contributed by atoms with Crippen LogP contribution in [0.5, 0.6) is 0 Å². The van der Waals surface area contributed by atoms with Crippen LogP contribution in [0.3, 0.4) is 0 Å². The summed E-state index contributed by atoms with van der Waals surface area (Å²) in [6, 6.07) is 43.5. The predicted octanol–water partition coefficient (Wildman–Crippen LogP) is 5.18. The van der Waals surface area contributed by atoms with Crippen LogP contribution in [0, 0.1) is 6.92 Å². The monoisotopic (exact) mass is 1270 g/mol. The van der Waals surface area contributed by atoms with Gasteiger partial charge in [0, 0.05) is 47.8 Å². The number of fused-ring (bicyclic) bond motifs is 2. The van der Waals surface area contributed by atoms with Gasteiger partial charge in [-0.3, -0.25) is 38.4 Å². The van der Waals surface area contributed by atoms with E-state index in [0.717, 1.165) is 32.5 Å². The molecule has 0 fully saturated rings. The summed E-state index contributed by atoms with van der Waals surface area (Å²) in [5, 5.41) is 11.0. The van der Waals surface area contributed by atoms with Gasteiger partial charge in [-0.15, -0.1) is 0 Å². The van der Waals surface area contributed by atoms with E-state index in [1.54, 1.807) is 12.1 Å². The number of aryl methyl sites for hydroxylation is 5. The molecule has 0 aliphatic heterocycles. The van der Waals surface area contributed by atoms with Crippen molar-refractivity contribution in [2.45, 2.75) is 146 Å². The van der Waals surface area contributed by atoms with Gasteiger partial charge >= 0.3 is 0 Å². The number of carbonyl (C=O) groups is 6. The molecule has 8 rings (SSSR count). The number of benzene rings is 5. The summed E-state index contributed by atoms with van der Waals surface area (Å²) in [5.41, 5.74) is 39.2. The number of nitrogens with two attached hydrogens (primary N) is 6. The smallest absolute Gasteiger partial charge is 0.252 e. The summed E-state index contributed by atoms with van der Waals surface area (Å²) in [7, 11) is 0. The molecule has 488 valence electrons. The summed E-state index contributed by atoms with van der Waals surface area (Å²) in [4.78, 5) is 112. The highest BCUT2D eigenvalue weighted by Gasteiger charge is 2.28. The fraction of sp³-hybridized carbons (Fsp3) is 0.371. The fourth-order valence-corrected chi connectivity index (χ4v) is 10.8. The third-order valence-corrected chi connectivity index (χ3v) is 16.4. The fourth-order valence-electron chi connectivity index (χ4n) is 10.2. The number of pyridine rings is 2. The standard InChI is InChI=1S/2C25H30N4O3.C20H29N5O2S/c2*26-14-6-10-20(27)25(32)29-22(13-12-17-7-2-1-3-8-17)23(30)16-19-15-18-9-4-5-11-21(18)28-24(19)31;1-14-23-19(28-25-14)12-11-18(26)17(10-9-15-6-3-2-4-7-15)24-20(27)16(22)8-5-13-21/h2*1-5,7-9,11,15,20,22H,6,10,12-14,16,26-27H2,(H,28,31)(H,29,32);2-4,6-7,16-17H,5,8-13,21-22H2,1H3,(H,24,27)/t2*20-,22+;16-,17+/m000/s1. The molecule has 21 nitrogen and oxygen atoms in total. The molecule has 3 aromatic heterocycles. The van der Waals surface area contributed by atoms with Crippen molar-refractivity contribution in [2.75, 3.05) is 19.6 Å². The first-order valence-corrected chi connectivity index (χ1v) is 32.2. The third-order valence-electron chi connectivity index (χ3n) is 15.5. The highest BCUT2D eigenvalue weighted by atomic mass is 32.1. The Hall–Kier alpha value is -8.74. The lowest BCUT2D eigenvalue weighted by Crippen LogP contribution is -2.49. The molecule has 0 aliphatic rings. The van der Waals surface area contributed by atoms with Gasteiger partial charge in [0.1, 0.15) is 10.8 Å². The van der Waals surface area contributed by atoms with Crippen LogP contribution in [-0.2, 0) is 67.3 Å². The maximum Gasteiger partial charge on any atom is 0.252 e. The lowest BCUT2D eigenvalue weighted by molar-refractivity contribution is -0.128. The van der Waals surface area contributed by atoms with Gasteiger partial charge in [-0.25, -0.2) is 4.98 Å². The molecule has 92 heavy (non-hydrogen) atoms. The largest absolute Gasteiger partial charge is 0.345 e. The first-order valence-electron chi connectivity index (χ1n) is 31.4. The van der Waals surface area contributed by atoms with Crippen molar-refractivity contribution in [3.63, 3.8) is 0 Å². The first-order chi connectivity index (χ1) is 44.4. The average Bonchev–Trinajstić information content (AvgIpc) is 0.977. The Labute approximate surface area is 540 Å². The van der Waals surface area contributed by atoms with Gasteiger partial charge < -0.3 is 60.3 Å². The van der Waals surface area contributed by atoms with E-state index in [9.17, 15) is 38.4 Å². The third kappa shape index (κ3) is 24.5. The van der Waals surface area contributed by atoms with Crippen LogP contribution >= 0.6 is 11.5 Å². The van der Waals surface area contributed by atoms with Gasteiger partial charge in [-0.05, 0) is 167 Å².